The van der Waals surface area contributed by atoms with Crippen molar-refractivity contribution in [3.05, 3.63) is 50.5 Å². The van der Waals surface area contributed by atoms with E-state index in [-0.39, 0.29) is 6.04 Å². The first-order valence-corrected chi connectivity index (χ1v) is 7.14. The van der Waals surface area contributed by atoms with E-state index in [4.69, 9.17) is 5.73 Å². The predicted octanol–water partition coefficient (Wildman–Crippen LogP) is 3.68. The van der Waals surface area contributed by atoms with Gasteiger partial charge in [0.1, 0.15) is 5.01 Å². The van der Waals surface area contributed by atoms with Gasteiger partial charge in [-0.1, -0.05) is 25.1 Å². The van der Waals surface area contributed by atoms with Crippen molar-refractivity contribution in [3.63, 3.8) is 0 Å². The fourth-order valence-corrected chi connectivity index (χ4v) is 3.19. The Hall–Kier alpha value is -1.19. The lowest BCUT2D eigenvalue weighted by Crippen LogP contribution is -2.13. The molecule has 2 nitrogen and oxygen atoms in total. The van der Waals surface area contributed by atoms with Crippen molar-refractivity contribution in [2.45, 2.75) is 40.2 Å². The smallest absolute Gasteiger partial charge is 0.114 e. The quantitative estimate of drug-likeness (QED) is 0.914. The topological polar surface area (TPSA) is 38.9 Å². The van der Waals surface area contributed by atoms with Gasteiger partial charge in [-0.05, 0) is 43.9 Å². The van der Waals surface area contributed by atoms with E-state index in [9.17, 15) is 0 Å². The number of benzene rings is 1. The third kappa shape index (κ3) is 2.33. The summed E-state index contributed by atoms with van der Waals surface area (Å²) < 4.78 is 0. The van der Waals surface area contributed by atoms with Crippen molar-refractivity contribution in [2.24, 2.45) is 5.73 Å². The fraction of sp³-hybridized carbons (Fsp3) is 0.400. The second-order valence-electron chi connectivity index (χ2n) is 4.68. The average molecular weight is 260 g/mol. The summed E-state index contributed by atoms with van der Waals surface area (Å²) in [4.78, 5) is 5.95. The lowest BCUT2D eigenvalue weighted by atomic mass is 9.98. The van der Waals surface area contributed by atoms with E-state index < -0.39 is 0 Å². The summed E-state index contributed by atoms with van der Waals surface area (Å²) in [5.74, 6) is 0. The van der Waals surface area contributed by atoms with Crippen molar-refractivity contribution in [1.29, 1.82) is 0 Å². The van der Waals surface area contributed by atoms with Crippen LogP contribution < -0.4 is 5.73 Å². The van der Waals surface area contributed by atoms with Crippen LogP contribution in [0.4, 0.5) is 0 Å². The molecule has 0 radical (unpaired) electrons. The second-order valence-corrected chi connectivity index (χ2v) is 5.91. The molecule has 1 aromatic carbocycles. The van der Waals surface area contributed by atoms with Gasteiger partial charge >= 0.3 is 0 Å². The molecule has 0 fully saturated rings. The van der Waals surface area contributed by atoms with Crippen LogP contribution in [-0.2, 0) is 6.42 Å². The van der Waals surface area contributed by atoms with Crippen LogP contribution in [0, 0.1) is 20.8 Å². The van der Waals surface area contributed by atoms with Crippen molar-refractivity contribution in [2.75, 3.05) is 0 Å². The molecule has 3 heteroatoms. The Morgan fingerprint density at radius 3 is 2.61 bits per heavy atom. The average Bonchev–Trinajstić information content (AvgIpc) is 2.73. The van der Waals surface area contributed by atoms with Gasteiger partial charge in [-0.2, -0.15) is 0 Å². The maximum atomic E-state index is 6.37. The summed E-state index contributed by atoms with van der Waals surface area (Å²) in [5, 5.41) is 1.03. The molecule has 0 amide bonds. The van der Waals surface area contributed by atoms with Crippen LogP contribution in [0.5, 0.6) is 0 Å². The molecule has 0 saturated carbocycles. The highest BCUT2D eigenvalue weighted by atomic mass is 32.1. The van der Waals surface area contributed by atoms with Crippen LogP contribution in [0.25, 0.3) is 0 Å². The van der Waals surface area contributed by atoms with Crippen molar-refractivity contribution >= 4 is 11.3 Å². The zero-order valence-corrected chi connectivity index (χ0v) is 12.3. The van der Waals surface area contributed by atoms with Gasteiger partial charge in [0.2, 0.25) is 0 Å². The summed E-state index contributed by atoms with van der Waals surface area (Å²) in [7, 11) is 0. The maximum absolute atomic E-state index is 6.37. The van der Waals surface area contributed by atoms with Crippen molar-refractivity contribution in [1.82, 2.24) is 4.98 Å². The van der Waals surface area contributed by atoms with E-state index in [0.29, 0.717) is 0 Å². The Bertz CT molecular complexity index is 558. The zero-order chi connectivity index (χ0) is 13.3. The number of thiazole rings is 1. The van der Waals surface area contributed by atoms with Gasteiger partial charge in [0.25, 0.3) is 0 Å². The van der Waals surface area contributed by atoms with Crippen LogP contribution >= 0.6 is 11.3 Å². The molecule has 1 unspecified atom stereocenters. The molecule has 0 aliphatic rings. The Morgan fingerprint density at radius 2 is 2.00 bits per heavy atom. The minimum absolute atomic E-state index is 0.103. The van der Waals surface area contributed by atoms with Gasteiger partial charge in [0.05, 0.1) is 11.7 Å². The van der Waals surface area contributed by atoms with E-state index in [0.717, 1.165) is 11.4 Å². The van der Waals surface area contributed by atoms with Crippen LogP contribution in [0.3, 0.4) is 0 Å². The number of nitrogens with two attached hydrogens (primary N) is 1. The summed E-state index contributed by atoms with van der Waals surface area (Å²) >= 11 is 1.72. The molecule has 0 aliphatic heterocycles. The van der Waals surface area contributed by atoms with E-state index >= 15 is 0 Å². The van der Waals surface area contributed by atoms with Gasteiger partial charge in [0.15, 0.2) is 0 Å². The van der Waals surface area contributed by atoms with E-state index in [1.165, 1.54) is 27.3 Å². The van der Waals surface area contributed by atoms with Gasteiger partial charge in [0, 0.05) is 4.88 Å². The summed E-state index contributed by atoms with van der Waals surface area (Å²) in [6.07, 6.45) is 0.974. The number of aryl methyl sites for hydroxylation is 3. The standard InChI is InChI=1S/C15H20N2S/c1-5-13-11(4)18-15(17-13)14(16)12-8-6-7-9(2)10(12)3/h6-8,14H,5,16H2,1-4H3. The van der Waals surface area contributed by atoms with Gasteiger partial charge in [-0.15, -0.1) is 11.3 Å². The molecular weight excluding hydrogens is 240 g/mol. The minimum Gasteiger partial charge on any atom is -0.318 e. The number of rotatable bonds is 3. The molecule has 18 heavy (non-hydrogen) atoms. The van der Waals surface area contributed by atoms with Crippen LogP contribution in [-0.4, -0.2) is 4.98 Å². The first-order chi connectivity index (χ1) is 8.54. The third-order valence-corrected chi connectivity index (χ3v) is 4.59. The first-order valence-electron chi connectivity index (χ1n) is 6.32. The Labute approximate surface area is 113 Å². The fourth-order valence-electron chi connectivity index (χ4n) is 2.16. The van der Waals surface area contributed by atoms with Crippen LogP contribution in [0.2, 0.25) is 0 Å². The van der Waals surface area contributed by atoms with E-state index in [1.54, 1.807) is 11.3 Å². The second kappa shape index (κ2) is 5.21. The highest BCUT2D eigenvalue weighted by Gasteiger charge is 2.17. The Morgan fingerprint density at radius 1 is 1.28 bits per heavy atom. The number of nitrogens with zero attached hydrogens (tertiary/aromatic N) is 1. The zero-order valence-electron chi connectivity index (χ0n) is 11.4. The molecule has 96 valence electrons. The first kappa shape index (κ1) is 13.2. The normalized spacial score (nSPS) is 12.7. The molecule has 0 spiro atoms. The molecular formula is C15H20N2S. The summed E-state index contributed by atoms with van der Waals surface area (Å²) in [6, 6.07) is 6.19. The molecule has 0 saturated heterocycles. The van der Waals surface area contributed by atoms with Gasteiger partial charge in [-0.25, -0.2) is 4.98 Å². The molecule has 1 aromatic heterocycles. The van der Waals surface area contributed by atoms with E-state index in [1.807, 2.05) is 0 Å². The molecule has 1 atom stereocenters. The van der Waals surface area contributed by atoms with Gasteiger partial charge in [-0.3, -0.25) is 0 Å². The minimum atomic E-state index is -0.103. The lowest BCUT2D eigenvalue weighted by molar-refractivity contribution is 0.834. The highest BCUT2D eigenvalue weighted by Crippen LogP contribution is 2.29. The summed E-state index contributed by atoms with van der Waals surface area (Å²) in [6.45, 7) is 8.51. The lowest BCUT2D eigenvalue weighted by Gasteiger charge is -2.13. The van der Waals surface area contributed by atoms with Crippen LogP contribution in [0.15, 0.2) is 18.2 Å². The molecule has 2 aromatic rings. The monoisotopic (exact) mass is 260 g/mol. The number of hydrogen-bond donors (Lipinski definition) is 1. The molecule has 1 heterocycles. The molecule has 0 bridgehead atoms. The Kier molecular flexibility index (Phi) is 3.83. The summed E-state index contributed by atoms with van der Waals surface area (Å²) in [5.41, 5.74) is 11.3. The molecule has 2 rings (SSSR count). The number of aromatic nitrogens is 1. The highest BCUT2D eigenvalue weighted by molar-refractivity contribution is 7.11. The number of hydrogen-bond acceptors (Lipinski definition) is 3. The van der Waals surface area contributed by atoms with Crippen molar-refractivity contribution < 1.29 is 0 Å². The Balaban J connectivity index is 2.41. The van der Waals surface area contributed by atoms with Gasteiger partial charge < -0.3 is 5.73 Å². The van der Waals surface area contributed by atoms with Crippen molar-refractivity contribution in [3.8, 4) is 0 Å². The van der Waals surface area contributed by atoms with E-state index in [2.05, 4.69) is 50.9 Å². The largest absolute Gasteiger partial charge is 0.318 e. The maximum Gasteiger partial charge on any atom is 0.114 e. The molecule has 2 N–H and O–H groups in total. The molecule has 0 aliphatic carbocycles. The van der Waals surface area contributed by atoms with Crippen LogP contribution in [0.1, 0.15) is 45.2 Å². The SMILES string of the molecule is CCc1nc(C(N)c2cccc(C)c2C)sc1C. The third-order valence-electron chi connectivity index (χ3n) is 3.49. The predicted molar refractivity (Wildman–Crippen MR) is 78.2 cm³/mol.